The second-order valence-electron chi connectivity index (χ2n) is 5.42. The van der Waals surface area contributed by atoms with Crippen molar-refractivity contribution < 1.29 is 9.59 Å². The first-order valence-corrected chi connectivity index (χ1v) is 6.57. The monoisotopic (exact) mass is 258 g/mol. The van der Waals surface area contributed by atoms with Crippen LogP contribution in [0.5, 0.6) is 0 Å². The van der Waals surface area contributed by atoms with E-state index in [4.69, 9.17) is 0 Å². The average molecular weight is 258 g/mol. The number of hydrogen-bond acceptors (Lipinski definition) is 2. The molecule has 0 aromatic rings. The quantitative estimate of drug-likeness (QED) is 0.703. The van der Waals surface area contributed by atoms with Gasteiger partial charge in [-0.1, -0.05) is 42.5 Å². The van der Waals surface area contributed by atoms with Gasteiger partial charge in [-0.15, -0.1) is 6.58 Å². The summed E-state index contributed by atoms with van der Waals surface area (Å²) in [7, 11) is 0. The molecule has 2 nitrogen and oxygen atoms in total. The molecule has 1 aliphatic rings. The van der Waals surface area contributed by atoms with E-state index in [1.165, 1.54) is 0 Å². The Kier molecular flexibility index (Phi) is 4.82. The van der Waals surface area contributed by atoms with E-state index >= 15 is 0 Å². The van der Waals surface area contributed by atoms with Crippen LogP contribution in [-0.4, -0.2) is 11.6 Å². The van der Waals surface area contributed by atoms with Gasteiger partial charge in [-0.05, 0) is 27.2 Å². The maximum atomic E-state index is 12.3. The molecular formula is C17H22O2. The Morgan fingerprint density at radius 2 is 1.58 bits per heavy atom. The van der Waals surface area contributed by atoms with E-state index in [0.29, 0.717) is 12.8 Å². The largest absolute Gasteiger partial charge is 0.299 e. The van der Waals surface area contributed by atoms with Crippen molar-refractivity contribution in [1.29, 1.82) is 0 Å². The third-order valence-corrected chi connectivity index (χ3v) is 3.71. The van der Waals surface area contributed by atoms with Crippen LogP contribution in [0.15, 0.2) is 49.1 Å². The molecule has 0 N–H and O–H groups in total. The first kappa shape index (κ1) is 15.4. The Balaban J connectivity index is 3.07. The van der Waals surface area contributed by atoms with E-state index in [9.17, 15) is 9.59 Å². The van der Waals surface area contributed by atoms with Gasteiger partial charge in [0.05, 0.1) is 10.8 Å². The molecule has 0 amide bonds. The zero-order valence-electron chi connectivity index (χ0n) is 12.0. The van der Waals surface area contributed by atoms with Crippen molar-refractivity contribution in [1.82, 2.24) is 0 Å². The highest BCUT2D eigenvalue weighted by Crippen LogP contribution is 2.31. The summed E-state index contributed by atoms with van der Waals surface area (Å²) in [4.78, 5) is 24.0. The second kappa shape index (κ2) is 5.96. The Hall–Kier alpha value is -1.70. The van der Waals surface area contributed by atoms with Crippen LogP contribution in [0, 0.1) is 10.8 Å². The fourth-order valence-electron chi connectivity index (χ4n) is 1.89. The molecule has 0 heterocycles. The minimum Gasteiger partial charge on any atom is -0.299 e. The summed E-state index contributed by atoms with van der Waals surface area (Å²) in [5.74, 6) is 0.206. The van der Waals surface area contributed by atoms with Crippen LogP contribution in [0.1, 0.15) is 33.6 Å². The first-order valence-electron chi connectivity index (χ1n) is 6.57. The Bertz CT molecular complexity index is 468. The number of ketones is 2. The molecule has 0 saturated carbocycles. The molecule has 0 radical (unpaired) electrons. The molecular weight excluding hydrogens is 236 g/mol. The lowest BCUT2D eigenvalue weighted by molar-refractivity contribution is -0.124. The topological polar surface area (TPSA) is 34.1 Å². The van der Waals surface area contributed by atoms with Gasteiger partial charge in [0.25, 0.3) is 0 Å². The van der Waals surface area contributed by atoms with Gasteiger partial charge in [-0.3, -0.25) is 9.59 Å². The van der Waals surface area contributed by atoms with Crippen LogP contribution >= 0.6 is 0 Å². The van der Waals surface area contributed by atoms with E-state index in [-0.39, 0.29) is 11.6 Å². The SMILES string of the molecule is C=CCCC(=O)C1(C)C=CC(C)(C(C)=O)/C=C\C=C/1. The number of rotatable bonds is 5. The van der Waals surface area contributed by atoms with Gasteiger partial charge >= 0.3 is 0 Å². The van der Waals surface area contributed by atoms with E-state index in [0.717, 1.165) is 0 Å². The van der Waals surface area contributed by atoms with Gasteiger partial charge in [0.15, 0.2) is 0 Å². The Morgan fingerprint density at radius 3 is 2.11 bits per heavy atom. The van der Waals surface area contributed by atoms with Crippen LogP contribution in [0.25, 0.3) is 0 Å². The summed E-state index contributed by atoms with van der Waals surface area (Å²) in [6.45, 7) is 8.94. The standard InChI is InChI=1S/C17H22O2/c1-5-6-9-15(19)17(4)11-8-7-10-16(3,12-13-17)14(2)18/h5,7-8,10-13H,1,6,9H2,2-4H3/b10-7-,11-8-,13-12?. The molecule has 2 atom stereocenters. The van der Waals surface area contributed by atoms with E-state index in [2.05, 4.69) is 6.58 Å². The minimum atomic E-state index is -0.648. The van der Waals surface area contributed by atoms with Crippen molar-refractivity contribution in [2.45, 2.75) is 33.6 Å². The highest BCUT2D eigenvalue weighted by Gasteiger charge is 2.30. The summed E-state index contributed by atoms with van der Waals surface area (Å²) in [5, 5.41) is 0. The molecule has 1 rings (SSSR count). The highest BCUT2D eigenvalue weighted by molar-refractivity contribution is 5.90. The van der Waals surface area contributed by atoms with Gasteiger partial charge in [0, 0.05) is 6.42 Å². The second-order valence-corrected chi connectivity index (χ2v) is 5.42. The summed E-state index contributed by atoms with van der Waals surface area (Å²) in [6.07, 6.45) is 14.0. The fraction of sp³-hybridized carbons (Fsp3) is 0.412. The molecule has 0 bridgehead atoms. The predicted molar refractivity (Wildman–Crippen MR) is 78.8 cm³/mol. The van der Waals surface area contributed by atoms with Crippen molar-refractivity contribution in [3.8, 4) is 0 Å². The molecule has 0 aromatic heterocycles. The predicted octanol–water partition coefficient (Wildman–Crippen LogP) is 3.81. The lowest BCUT2D eigenvalue weighted by atomic mass is 9.77. The van der Waals surface area contributed by atoms with Crippen molar-refractivity contribution in [2.24, 2.45) is 10.8 Å². The summed E-state index contributed by atoms with van der Waals surface area (Å²) >= 11 is 0. The fourth-order valence-corrected chi connectivity index (χ4v) is 1.89. The van der Waals surface area contributed by atoms with Crippen LogP contribution in [0.2, 0.25) is 0 Å². The van der Waals surface area contributed by atoms with Crippen molar-refractivity contribution in [2.75, 3.05) is 0 Å². The Labute approximate surface area is 115 Å². The van der Waals surface area contributed by atoms with E-state index < -0.39 is 10.8 Å². The van der Waals surface area contributed by atoms with Crippen LogP contribution in [0.4, 0.5) is 0 Å². The molecule has 2 unspecified atom stereocenters. The zero-order chi connectivity index (χ0) is 14.5. The molecule has 0 saturated heterocycles. The third kappa shape index (κ3) is 3.63. The van der Waals surface area contributed by atoms with Gasteiger partial charge in [0.2, 0.25) is 0 Å². The lowest BCUT2D eigenvalue weighted by Crippen LogP contribution is -2.27. The number of carbonyl (C=O) groups excluding carboxylic acids is 2. The third-order valence-electron chi connectivity index (χ3n) is 3.71. The van der Waals surface area contributed by atoms with Gasteiger partial charge < -0.3 is 0 Å². The number of hydrogen-bond donors (Lipinski definition) is 0. The minimum absolute atomic E-state index is 0.0659. The average Bonchev–Trinajstić information content (AvgIpc) is 2.36. The molecule has 0 aliphatic heterocycles. The normalized spacial score (nSPS) is 33.0. The first-order chi connectivity index (χ1) is 8.84. The molecule has 1 aliphatic carbocycles. The van der Waals surface area contributed by atoms with Gasteiger partial charge in [-0.25, -0.2) is 0 Å². The molecule has 0 aromatic carbocycles. The van der Waals surface area contributed by atoms with Gasteiger partial charge in [-0.2, -0.15) is 0 Å². The summed E-state index contributed by atoms with van der Waals surface area (Å²) in [5.41, 5.74) is -1.28. The smallest absolute Gasteiger partial charge is 0.146 e. The van der Waals surface area contributed by atoms with Gasteiger partial charge in [0.1, 0.15) is 11.6 Å². The van der Waals surface area contributed by atoms with Crippen LogP contribution in [0.3, 0.4) is 0 Å². The molecule has 0 fully saturated rings. The summed E-state index contributed by atoms with van der Waals surface area (Å²) in [6, 6.07) is 0. The maximum Gasteiger partial charge on any atom is 0.146 e. The molecule has 102 valence electrons. The van der Waals surface area contributed by atoms with Crippen molar-refractivity contribution >= 4 is 11.6 Å². The number of carbonyl (C=O) groups is 2. The van der Waals surface area contributed by atoms with E-state index in [1.54, 1.807) is 13.0 Å². The molecule has 2 heteroatoms. The Morgan fingerprint density at radius 1 is 1.05 bits per heavy atom. The van der Waals surface area contributed by atoms with Crippen LogP contribution in [-0.2, 0) is 9.59 Å². The highest BCUT2D eigenvalue weighted by atomic mass is 16.1. The summed E-state index contributed by atoms with van der Waals surface area (Å²) < 4.78 is 0. The molecule has 0 spiro atoms. The number of allylic oxidation sites excluding steroid dienone is 7. The van der Waals surface area contributed by atoms with Crippen molar-refractivity contribution in [3.05, 3.63) is 49.1 Å². The van der Waals surface area contributed by atoms with Crippen LogP contribution < -0.4 is 0 Å². The maximum absolute atomic E-state index is 12.3. The number of Topliss-reactive ketones (excluding diaryl/α,β-unsaturated/α-hetero) is 2. The zero-order valence-corrected chi connectivity index (χ0v) is 12.0. The van der Waals surface area contributed by atoms with E-state index in [1.807, 2.05) is 50.3 Å². The molecule has 19 heavy (non-hydrogen) atoms. The van der Waals surface area contributed by atoms with Crippen molar-refractivity contribution in [3.63, 3.8) is 0 Å². The lowest BCUT2D eigenvalue weighted by Gasteiger charge is -2.25.